The van der Waals surface area contributed by atoms with Crippen molar-refractivity contribution in [2.24, 2.45) is 7.05 Å². The molecular formula is C18H19N3O5S. The molecule has 3 aromatic rings. The number of aromatic nitrogens is 2. The third kappa shape index (κ3) is 3.79. The predicted octanol–water partition coefficient (Wildman–Crippen LogP) is 1.23. The van der Waals surface area contributed by atoms with E-state index >= 15 is 0 Å². The topological polar surface area (TPSA) is 99.5 Å². The largest absolute Gasteiger partial charge is 0.493 e. The Labute approximate surface area is 157 Å². The fourth-order valence-electron chi connectivity index (χ4n) is 2.87. The second kappa shape index (κ2) is 7.77. The maximum Gasteiger partial charge on any atom is 0.274 e. The van der Waals surface area contributed by atoms with Crippen LogP contribution in [0.2, 0.25) is 0 Å². The van der Waals surface area contributed by atoms with Gasteiger partial charge in [0.05, 0.1) is 25.3 Å². The summed E-state index contributed by atoms with van der Waals surface area (Å²) in [6, 6.07) is 10.7. The summed E-state index contributed by atoms with van der Waals surface area (Å²) < 4.78 is 35.8. The average molecular weight is 389 g/mol. The highest BCUT2D eigenvalue weighted by molar-refractivity contribution is 7.70. The number of thiol groups is 1. The maximum absolute atomic E-state index is 12.6. The normalized spacial score (nSPS) is 11.1. The Balaban J connectivity index is 2.24. The lowest BCUT2D eigenvalue weighted by atomic mass is 10.0. The van der Waals surface area contributed by atoms with Gasteiger partial charge >= 0.3 is 0 Å². The molecule has 0 aliphatic heterocycles. The first-order valence-electron chi connectivity index (χ1n) is 8.05. The number of rotatable bonds is 6. The predicted molar refractivity (Wildman–Crippen MR) is 103 cm³/mol. The highest BCUT2D eigenvalue weighted by Crippen LogP contribution is 2.34. The van der Waals surface area contributed by atoms with Crippen molar-refractivity contribution in [2.75, 3.05) is 14.2 Å². The van der Waals surface area contributed by atoms with Crippen molar-refractivity contribution in [1.29, 1.82) is 0 Å². The maximum atomic E-state index is 12.6. The molecule has 0 unspecified atom stereocenters. The van der Waals surface area contributed by atoms with E-state index in [9.17, 15) is 13.2 Å². The Kier molecular flexibility index (Phi) is 5.43. The zero-order valence-corrected chi connectivity index (χ0v) is 15.9. The minimum atomic E-state index is -2.68. The average Bonchev–Trinajstić information content (AvgIpc) is 2.68. The number of methoxy groups -OCH3 is 2. The molecule has 0 spiro atoms. The van der Waals surface area contributed by atoms with Crippen LogP contribution in [0.5, 0.6) is 11.5 Å². The molecule has 0 aliphatic carbocycles. The second-order valence-corrected chi connectivity index (χ2v) is 6.65. The van der Waals surface area contributed by atoms with Gasteiger partial charge in [0, 0.05) is 24.5 Å². The summed E-state index contributed by atoms with van der Waals surface area (Å²) in [5.41, 5.74) is 1.86. The fraction of sp³-hybridized carbons (Fsp3) is 0.222. The Morgan fingerprint density at radius 3 is 2.37 bits per heavy atom. The SMILES string of the molecule is COc1cc2c(-c3cccc(CN[SH](=O)=O)c3)nn(C)c(=O)c2cc1OC. The zero-order valence-electron chi connectivity index (χ0n) is 15.1. The van der Waals surface area contributed by atoms with Crippen molar-refractivity contribution in [3.05, 3.63) is 52.3 Å². The standard InChI is InChI=1S/C18H19N3O5S/c1-21-18(22)14-9-16(26-3)15(25-2)8-13(14)17(20-21)12-6-4-5-11(7-12)10-19-27(23)24/h4-9,27H,10H2,1-3H3,(H,19,23,24). The second-order valence-electron chi connectivity index (χ2n) is 5.82. The van der Waals surface area contributed by atoms with Gasteiger partial charge in [-0.3, -0.25) is 4.79 Å². The van der Waals surface area contributed by atoms with E-state index in [1.165, 1.54) is 18.9 Å². The minimum Gasteiger partial charge on any atom is -0.493 e. The first kappa shape index (κ1) is 18.9. The van der Waals surface area contributed by atoms with E-state index in [0.717, 1.165) is 11.1 Å². The molecule has 0 amide bonds. The number of benzene rings is 2. The molecule has 2 aromatic carbocycles. The number of nitrogens with zero attached hydrogens (tertiary/aromatic N) is 2. The Morgan fingerprint density at radius 1 is 1.07 bits per heavy atom. The number of hydrogen-bond donors (Lipinski definition) is 2. The van der Waals surface area contributed by atoms with Gasteiger partial charge in [-0.2, -0.15) is 5.10 Å². The van der Waals surface area contributed by atoms with Crippen molar-refractivity contribution in [3.63, 3.8) is 0 Å². The van der Waals surface area contributed by atoms with Gasteiger partial charge in [0.25, 0.3) is 5.56 Å². The molecule has 142 valence electrons. The molecule has 0 fully saturated rings. The zero-order chi connectivity index (χ0) is 19.6. The Bertz CT molecular complexity index is 1130. The molecule has 9 heteroatoms. The number of ether oxygens (including phenoxy) is 2. The van der Waals surface area contributed by atoms with Crippen LogP contribution in [0.4, 0.5) is 0 Å². The van der Waals surface area contributed by atoms with Gasteiger partial charge in [-0.05, 0) is 23.8 Å². The lowest BCUT2D eigenvalue weighted by Crippen LogP contribution is -2.20. The summed E-state index contributed by atoms with van der Waals surface area (Å²) in [6.07, 6.45) is 0. The van der Waals surface area contributed by atoms with Gasteiger partial charge in [0.2, 0.25) is 10.9 Å². The molecule has 1 aromatic heterocycles. The molecule has 3 rings (SSSR count). The summed E-state index contributed by atoms with van der Waals surface area (Å²) in [5, 5.41) is 5.48. The van der Waals surface area contributed by atoms with E-state index in [1.807, 2.05) is 24.3 Å². The fourth-order valence-corrected chi connectivity index (χ4v) is 3.18. The third-order valence-corrected chi connectivity index (χ3v) is 4.58. The quantitative estimate of drug-likeness (QED) is 0.616. The van der Waals surface area contributed by atoms with Crippen LogP contribution in [0.15, 0.2) is 41.2 Å². The van der Waals surface area contributed by atoms with E-state index in [2.05, 4.69) is 9.82 Å². The molecule has 8 nitrogen and oxygen atoms in total. The lowest BCUT2D eigenvalue weighted by molar-refractivity contribution is 0.356. The summed E-state index contributed by atoms with van der Waals surface area (Å²) in [6.45, 7) is 0.174. The van der Waals surface area contributed by atoms with Gasteiger partial charge in [-0.1, -0.05) is 18.2 Å². The van der Waals surface area contributed by atoms with Crippen LogP contribution in [-0.4, -0.2) is 32.4 Å². The summed E-state index contributed by atoms with van der Waals surface area (Å²) in [4.78, 5) is 12.6. The van der Waals surface area contributed by atoms with Crippen LogP contribution >= 0.6 is 0 Å². The van der Waals surface area contributed by atoms with Gasteiger partial charge in [0.1, 0.15) is 0 Å². The molecule has 0 radical (unpaired) electrons. The molecule has 27 heavy (non-hydrogen) atoms. The molecule has 0 aliphatic rings. The van der Waals surface area contributed by atoms with Crippen LogP contribution in [0.3, 0.4) is 0 Å². The van der Waals surface area contributed by atoms with Gasteiger partial charge in [-0.25, -0.2) is 17.8 Å². The molecule has 0 saturated heterocycles. The highest BCUT2D eigenvalue weighted by Gasteiger charge is 2.15. The van der Waals surface area contributed by atoms with Crippen molar-refractivity contribution in [2.45, 2.75) is 6.54 Å². The van der Waals surface area contributed by atoms with Gasteiger partial charge < -0.3 is 9.47 Å². The molecule has 1 N–H and O–H groups in total. The number of fused-ring (bicyclic) bond motifs is 1. The van der Waals surface area contributed by atoms with E-state index in [-0.39, 0.29) is 12.1 Å². The van der Waals surface area contributed by atoms with Gasteiger partial charge in [0.15, 0.2) is 11.5 Å². The molecular weight excluding hydrogens is 370 g/mol. The van der Waals surface area contributed by atoms with E-state index < -0.39 is 10.9 Å². The Morgan fingerprint density at radius 2 is 1.74 bits per heavy atom. The first-order valence-corrected chi connectivity index (χ1v) is 9.22. The summed E-state index contributed by atoms with van der Waals surface area (Å²) >= 11 is 0. The smallest absolute Gasteiger partial charge is 0.274 e. The highest BCUT2D eigenvalue weighted by atomic mass is 32.2. The third-order valence-electron chi connectivity index (χ3n) is 4.17. The van der Waals surface area contributed by atoms with Gasteiger partial charge in [-0.15, -0.1) is 0 Å². The molecule has 0 saturated carbocycles. The van der Waals surface area contributed by atoms with Crippen LogP contribution < -0.4 is 19.8 Å². The van der Waals surface area contributed by atoms with Crippen molar-refractivity contribution >= 4 is 21.7 Å². The van der Waals surface area contributed by atoms with Crippen LogP contribution in [0, 0.1) is 0 Å². The lowest BCUT2D eigenvalue weighted by Gasteiger charge is -2.13. The first-order chi connectivity index (χ1) is 12.9. The number of nitrogens with one attached hydrogen (secondary N) is 1. The van der Waals surface area contributed by atoms with Crippen molar-refractivity contribution in [3.8, 4) is 22.8 Å². The van der Waals surface area contributed by atoms with Crippen LogP contribution in [0.25, 0.3) is 22.0 Å². The van der Waals surface area contributed by atoms with E-state index in [4.69, 9.17) is 9.47 Å². The molecule has 1 heterocycles. The van der Waals surface area contributed by atoms with E-state index in [1.54, 1.807) is 19.2 Å². The summed E-state index contributed by atoms with van der Waals surface area (Å²) in [7, 11) is 1.93. The van der Waals surface area contributed by atoms with Crippen LogP contribution in [-0.2, 0) is 24.5 Å². The van der Waals surface area contributed by atoms with Crippen molar-refractivity contribution < 1.29 is 17.9 Å². The van der Waals surface area contributed by atoms with Crippen molar-refractivity contribution in [1.82, 2.24) is 14.5 Å². The molecule has 0 bridgehead atoms. The number of hydrogen-bond acceptors (Lipinski definition) is 6. The Hall–Kier alpha value is -2.91. The minimum absolute atomic E-state index is 0.174. The van der Waals surface area contributed by atoms with Crippen LogP contribution in [0.1, 0.15) is 5.56 Å². The monoisotopic (exact) mass is 389 g/mol. The molecule has 0 atom stereocenters. The number of aryl methyl sites for hydroxylation is 1. The van der Waals surface area contributed by atoms with E-state index in [0.29, 0.717) is 28.0 Å². The summed E-state index contributed by atoms with van der Waals surface area (Å²) in [5.74, 6) is 0.943.